The number of methoxy groups -OCH3 is 1. The second kappa shape index (κ2) is 6.75. The quantitative estimate of drug-likeness (QED) is 0.901. The fraction of sp³-hybridized carbons (Fsp3) is 0.235. The van der Waals surface area contributed by atoms with E-state index in [1.165, 1.54) is 0 Å². The number of rotatable bonds is 5. The van der Waals surface area contributed by atoms with Gasteiger partial charge in [-0.2, -0.15) is 0 Å². The van der Waals surface area contributed by atoms with Crippen molar-refractivity contribution in [2.45, 2.75) is 19.4 Å². The van der Waals surface area contributed by atoms with E-state index in [1.54, 1.807) is 19.2 Å². The molecule has 104 valence electrons. The van der Waals surface area contributed by atoms with Gasteiger partial charge in [-0.15, -0.1) is 0 Å². The Morgan fingerprint density at radius 3 is 2.40 bits per heavy atom. The topological polar surface area (TPSA) is 38.3 Å². The second-order valence-corrected chi connectivity index (χ2v) is 4.55. The first-order chi connectivity index (χ1) is 9.76. The molecule has 0 bridgehead atoms. The van der Waals surface area contributed by atoms with Crippen molar-refractivity contribution in [3.8, 4) is 5.75 Å². The average molecular weight is 269 g/mol. The Kier molecular flexibility index (Phi) is 4.77. The molecule has 0 saturated heterocycles. The van der Waals surface area contributed by atoms with Crippen molar-refractivity contribution < 1.29 is 9.53 Å². The number of para-hydroxylation sites is 1. The highest BCUT2D eigenvalue weighted by molar-refractivity contribution is 5.97. The zero-order chi connectivity index (χ0) is 14.4. The van der Waals surface area contributed by atoms with Crippen molar-refractivity contribution >= 4 is 5.91 Å². The van der Waals surface area contributed by atoms with Crippen molar-refractivity contribution in [2.75, 3.05) is 7.11 Å². The Bertz CT molecular complexity index is 566. The van der Waals surface area contributed by atoms with E-state index >= 15 is 0 Å². The van der Waals surface area contributed by atoms with Gasteiger partial charge >= 0.3 is 0 Å². The van der Waals surface area contributed by atoms with E-state index in [2.05, 4.69) is 12.2 Å². The fourth-order valence-corrected chi connectivity index (χ4v) is 2.17. The lowest BCUT2D eigenvalue weighted by molar-refractivity contribution is 0.0932. The molecule has 2 aromatic rings. The van der Waals surface area contributed by atoms with Crippen molar-refractivity contribution in [3.63, 3.8) is 0 Å². The smallest absolute Gasteiger partial charge is 0.255 e. The van der Waals surface area contributed by atoms with Gasteiger partial charge < -0.3 is 10.1 Å². The van der Waals surface area contributed by atoms with E-state index in [-0.39, 0.29) is 11.9 Å². The zero-order valence-electron chi connectivity index (χ0n) is 11.8. The number of carbonyl (C=O) groups is 1. The lowest BCUT2D eigenvalue weighted by Crippen LogP contribution is -2.28. The van der Waals surface area contributed by atoms with Crippen molar-refractivity contribution in [2.24, 2.45) is 0 Å². The van der Waals surface area contributed by atoms with Crippen LogP contribution in [-0.2, 0) is 0 Å². The first-order valence-electron chi connectivity index (χ1n) is 6.75. The Hall–Kier alpha value is -2.29. The minimum Gasteiger partial charge on any atom is -0.496 e. The molecule has 0 aromatic heterocycles. The predicted molar refractivity (Wildman–Crippen MR) is 79.9 cm³/mol. The lowest BCUT2D eigenvalue weighted by atomic mass is 10.0. The molecule has 1 amide bonds. The van der Waals surface area contributed by atoms with Crippen LogP contribution in [0.1, 0.15) is 35.3 Å². The van der Waals surface area contributed by atoms with Crippen LogP contribution in [0.25, 0.3) is 0 Å². The van der Waals surface area contributed by atoms with Gasteiger partial charge in [0.05, 0.1) is 18.7 Å². The van der Waals surface area contributed by atoms with Crippen LogP contribution in [0.5, 0.6) is 5.75 Å². The van der Waals surface area contributed by atoms with Crippen LogP contribution in [0, 0.1) is 0 Å². The third-order valence-electron chi connectivity index (χ3n) is 3.27. The van der Waals surface area contributed by atoms with Crippen LogP contribution < -0.4 is 10.1 Å². The predicted octanol–water partition coefficient (Wildman–Crippen LogP) is 3.58. The number of carbonyl (C=O) groups excluding carboxylic acids is 1. The van der Waals surface area contributed by atoms with Gasteiger partial charge in [-0.1, -0.05) is 49.4 Å². The van der Waals surface area contributed by atoms with Gasteiger partial charge in [0.25, 0.3) is 5.91 Å². The molecule has 20 heavy (non-hydrogen) atoms. The molecule has 2 aromatic carbocycles. The maximum Gasteiger partial charge on any atom is 0.255 e. The highest BCUT2D eigenvalue weighted by Crippen LogP contribution is 2.20. The summed E-state index contributed by atoms with van der Waals surface area (Å²) in [6.45, 7) is 2.06. The van der Waals surface area contributed by atoms with E-state index in [4.69, 9.17) is 4.74 Å². The van der Waals surface area contributed by atoms with Crippen LogP contribution in [0.15, 0.2) is 54.6 Å². The van der Waals surface area contributed by atoms with E-state index < -0.39 is 0 Å². The van der Waals surface area contributed by atoms with E-state index in [0.717, 1.165) is 12.0 Å². The van der Waals surface area contributed by atoms with Crippen LogP contribution in [0.2, 0.25) is 0 Å². The molecule has 0 saturated carbocycles. The van der Waals surface area contributed by atoms with E-state index in [0.29, 0.717) is 11.3 Å². The van der Waals surface area contributed by atoms with Crippen LogP contribution in [-0.4, -0.2) is 13.0 Å². The van der Waals surface area contributed by atoms with Crippen molar-refractivity contribution in [1.29, 1.82) is 0 Å². The maximum absolute atomic E-state index is 12.4. The largest absolute Gasteiger partial charge is 0.496 e. The Morgan fingerprint density at radius 1 is 1.10 bits per heavy atom. The average Bonchev–Trinajstić information content (AvgIpc) is 2.53. The molecule has 0 radical (unpaired) electrons. The molecule has 1 atom stereocenters. The van der Waals surface area contributed by atoms with Gasteiger partial charge in [0.2, 0.25) is 0 Å². The summed E-state index contributed by atoms with van der Waals surface area (Å²) in [6, 6.07) is 17.2. The molecule has 0 aliphatic heterocycles. The summed E-state index contributed by atoms with van der Waals surface area (Å²) in [7, 11) is 1.57. The van der Waals surface area contributed by atoms with Gasteiger partial charge in [0, 0.05) is 0 Å². The minimum absolute atomic E-state index is 0.00797. The third kappa shape index (κ3) is 3.18. The number of hydrogen-bond acceptors (Lipinski definition) is 2. The molecular formula is C17H19NO2. The van der Waals surface area contributed by atoms with Crippen molar-refractivity contribution in [1.82, 2.24) is 5.32 Å². The summed E-state index contributed by atoms with van der Waals surface area (Å²) < 4.78 is 5.23. The summed E-state index contributed by atoms with van der Waals surface area (Å²) >= 11 is 0. The Balaban J connectivity index is 2.18. The number of benzene rings is 2. The molecule has 3 nitrogen and oxygen atoms in total. The highest BCUT2D eigenvalue weighted by Gasteiger charge is 2.16. The molecule has 0 spiro atoms. The molecule has 0 aliphatic carbocycles. The third-order valence-corrected chi connectivity index (χ3v) is 3.27. The van der Waals surface area contributed by atoms with E-state index in [9.17, 15) is 4.79 Å². The van der Waals surface area contributed by atoms with Gasteiger partial charge in [0.1, 0.15) is 5.75 Å². The van der Waals surface area contributed by atoms with Gasteiger partial charge in [-0.25, -0.2) is 0 Å². The summed E-state index contributed by atoms with van der Waals surface area (Å²) in [5.41, 5.74) is 1.67. The van der Waals surface area contributed by atoms with Crippen LogP contribution in [0.3, 0.4) is 0 Å². The number of nitrogens with one attached hydrogen (secondary N) is 1. The summed E-state index contributed by atoms with van der Waals surface area (Å²) in [6.07, 6.45) is 0.838. The van der Waals surface area contributed by atoms with Crippen molar-refractivity contribution in [3.05, 3.63) is 65.7 Å². The Morgan fingerprint density at radius 2 is 1.75 bits per heavy atom. The second-order valence-electron chi connectivity index (χ2n) is 4.55. The van der Waals surface area contributed by atoms with Gasteiger partial charge in [-0.05, 0) is 24.1 Å². The normalized spacial score (nSPS) is 11.7. The maximum atomic E-state index is 12.4. The molecule has 0 fully saturated rings. The molecule has 0 unspecified atom stereocenters. The molecule has 1 N–H and O–H groups in total. The first-order valence-corrected chi connectivity index (χ1v) is 6.75. The standard InChI is InChI=1S/C17H19NO2/c1-3-15(13-9-5-4-6-10-13)18-17(19)14-11-7-8-12-16(14)20-2/h4-12,15H,3H2,1-2H3,(H,18,19)/t15-/m1/s1. The number of amides is 1. The molecule has 2 rings (SSSR count). The monoisotopic (exact) mass is 269 g/mol. The van der Waals surface area contributed by atoms with Crippen LogP contribution >= 0.6 is 0 Å². The molecule has 3 heteroatoms. The van der Waals surface area contributed by atoms with Gasteiger partial charge in [0.15, 0.2) is 0 Å². The first kappa shape index (κ1) is 14.1. The molecule has 0 heterocycles. The molecule has 0 aliphatic rings. The summed E-state index contributed by atoms with van der Waals surface area (Å²) in [4.78, 5) is 12.4. The van der Waals surface area contributed by atoms with E-state index in [1.807, 2.05) is 42.5 Å². The van der Waals surface area contributed by atoms with Crippen LogP contribution in [0.4, 0.5) is 0 Å². The fourth-order valence-electron chi connectivity index (χ4n) is 2.17. The lowest BCUT2D eigenvalue weighted by Gasteiger charge is -2.18. The number of hydrogen-bond donors (Lipinski definition) is 1. The summed E-state index contributed by atoms with van der Waals surface area (Å²) in [5, 5.41) is 3.06. The molecular weight excluding hydrogens is 250 g/mol. The Labute approximate surface area is 119 Å². The SMILES string of the molecule is CC[C@@H](NC(=O)c1ccccc1OC)c1ccccc1. The minimum atomic E-state index is -0.113. The highest BCUT2D eigenvalue weighted by atomic mass is 16.5. The van der Waals surface area contributed by atoms with Gasteiger partial charge in [-0.3, -0.25) is 4.79 Å². The summed E-state index contributed by atoms with van der Waals surface area (Å²) in [5.74, 6) is 0.478. The zero-order valence-corrected chi connectivity index (χ0v) is 11.8. The number of ether oxygens (including phenoxy) is 1.